The molecule has 1 spiro atoms. The van der Waals surface area contributed by atoms with E-state index in [1.54, 1.807) is 36.2 Å². The molecular weight excluding hydrogens is 570 g/mol. The third kappa shape index (κ3) is 3.31. The number of carbonyl (C=O) groups is 3. The highest BCUT2D eigenvalue weighted by atomic mass is 16.5. The van der Waals surface area contributed by atoms with Gasteiger partial charge in [0.05, 0.1) is 25.4 Å². The second-order valence-corrected chi connectivity index (χ2v) is 12.7. The number of allylic oxidation sites excluding steroid dienone is 2. The zero-order valence-electron chi connectivity index (χ0n) is 25.4. The Morgan fingerprint density at radius 3 is 2.56 bits per heavy atom. The molecule has 2 unspecified atom stereocenters. The molecule has 5 aromatic rings. The van der Waals surface area contributed by atoms with Crippen LogP contribution in [0.4, 0.5) is 5.69 Å². The van der Waals surface area contributed by atoms with Gasteiger partial charge in [-0.1, -0.05) is 0 Å². The highest BCUT2D eigenvalue weighted by Gasteiger charge is 2.68. The monoisotopic (exact) mass is 601 g/mol. The number of fused-ring (bicyclic) bond motifs is 5. The molecule has 45 heavy (non-hydrogen) atoms. The van der Waals surface area contributed by atoms with Crippen molar-refractivity contribution in [3.8, 4) is 11.5 Å². The molecule has 2 amide bonds. The van der Waals surface area contributed by atoms with Gasteiger partial charge in [0.1, 0.15) is 22.9 Å². The molecule has 1 saturated carbocycles. The lowest BCUT2D eigenvalue weighted by Gasteiger charge is -2.27. The van der Waals surface area contributed by atoms with Gasteiger partial charge in [0.2, 0.25) is 5.78 Å². The molecule has 9 rings (SSSR count). The fraction of sp³-hybridized carbons (Fsp3) is 0.286. The van der Waals surface area contributed by atoms with Crippen LogP contribution >= 0.6 is 0 Å². The normalized spacial score (nSPS) is 21.1. The smallest absolute Gasteiger partial charge is 0.274 e. The van der Waals surface area contributed by atoms with Crippen LogP contribution in [0.25, 0.3) is 21.8 Å². The van der Waals surface area contributed by atoms with Gasteiger partial charge in [0, 0.05) is 63.5 Å². The maximum Gasteiger partial charge on any atom is 0.274 e. The second-order valence-electron chi connectivity index (χ2n) is 12.7. The largest absolute Gasteiger partial charge is 0.496 e. The van der Waals surface area contributed by atoms with Gasteiger partial charge in [-0.15, -0.1) is 0 Å². The molecule has 2 atom stereocenters. The van der Waals surface area contributed by atoms with Crippen LogP contribution in [0, 0.1) is 19.8 Å². The Morgan fingerprint density at radius 1 is 0.956 bits per heavy atom. The molecule has 0 radical (unpaired) electrons. The summed E-state index contributed by atoms with van der Waals surface area (Å²) in [5, 5.41) is 1.95. The van der Waals surface area contributed by atoms with E-state index < -0.39 is 5.41 Å². The van der Waals surface area contributed by atoms with Crippen LogP contribution < -0.4 is 14.4 Å². The summed E-state index contributed by atoms with van der Waals surface area (Å²) in [6.07, 6.45) is 3.20. The average Bonchev–Trinajstić information content (AvgIpc) is 3.64. The van der Waals surface area contributed by atoms with E-state index in [0.717, 1.165) is 62.7 Å². The van der Waals surface area contributed by atoms with Crippen LogP contribution in [-0.4, -0.2) is 64.8 Å². The molecule has 1 saturated heterocycles. The predicted octanol–water partition coefficient (Wildman–Crippen LogP) is 5.31. The topological polar surface area (TPSA) is 124 Å². The first kappa shape index (κ1) is 26.2. The quantitative estimate of drug-likeness (QED) is 0.258. The van der Waals surface area contributed by atoms with Crippen LogP contribution in [0.15, 0.2) is 48.2 Å². The van der Waals surface area contributed by atoms with Crippen LogP contribution in [0.3, 0.4) is 0 Å². The zero-order chi connectivity index (χ0) is 30.9. The molecule has 10 heteroatoms. The lowest BCUT2D eigenvalue weighted by molar-refractivity contribution is 0.0806. The van der Waals surface area contributed by atoms with Crippen LogP contribution in [-0.2, 0) is 11.8 Å². The number of methoxy groups -OCH3 is 2. The van der Waals surface area contributed by atoms with Crippen molar-refractivity contribution < 1.29 is 23.9 Å². The van der Waals surface area contributed by atoms with Gasteiger partial charge in [0.25, 0.3) is 11.8 Å². The number of likely N-dealkylation sites (tertiary alicyclic amines) is 1. The van der Waals surface area contributed by atoms with E-state index in [1.165, 1.54) is 0 Å². The van der Waals surface area contributed by atoms with Crippen molar-refractivity contribution in [3.63, 3.8) is 0 Å². The number of nitrogens with one attached hydrogen (secondary N) is 3. The number of benzene rings is 2. The fourth-order valence-corrected chi connectivity index (χ4v) is 8.26. The van der Waals surface area contributed by atoms with Gasteiger partial charge in [-0.25, -0.2) is 0 Å². The summed E-state index contributed by atoms with van der Waals surface area (Å²) >= 11 is 0. The summed E-state index contributed by atoms with van der Waals surface area (Å²) in [6.45, 7) is 5.03. The number of nitrogens with zero attached hydrogens (tertiary/aromatic N) is 2. The number of aryl methyl sites for hydroxylation is 1. The van der Waals surface area contributed by atoms with Crippen molar-refractivity contribution in [3.05, 3.63) is 87.6 Å². The van der Waals surface area contributed by atoms with Crippen molar-refractivity contribution in [1.29, 1.82) is 0 Å². The number of ether oxygens (including phenoxy) is 2. The number of carbonyl (C=O) groups excluding carboxylic acids is 3. The highest BCUT2D eigenvalue weighted by molar-refractivity contribution is 6.13. The molecule has 10 nitrogen and oxygen atoms in total. The number of hydrogen-bond acceptors (Lipinski definition) is 5. The van der Waals surface area contributed by atoms with Crippen LogP contribution in [0.1, 0.15) is 60.3 Å². The van der Waals surface area contributed by atoms with Crippen LogP contribution in [0.5, 0.6) is 11.5 Å². The Bertz CT molecular complexity index is 2220. The minimum absolute atomic E-state index is 0.151. The molecule has 3 aromatic heterocycles. The van der Waals surface area contributed by atoms with Gasteiger partial charge >= 0.3 is 0 Å². The molecule has 2 fully saturated rings. The van der Waals surface area contributed by atoms with Gasteiger partial charge in [0.15, 0.2) is 0 Å². The summed E-state index contributed by atoms with van der Waals surface area (Å²) in [4.78, 5) is 54.8. The van der Waals surface area contributed by atoms with E-state index in [2.05, 4.69) is 21.0 Å². The number of H-pyrrole nitrogens is 3. The maximum atomic E-state index is 14.0. The van der Waals surface area contributed by atoms with Crippen molar-refractivity contribution in [1.82, 2.24) is 19.9 Å². The van der Waals surface area contributed by atoms with Crippen LogP contribution in [0.2, 0.25) is 0 Å². The molecular formula is C35H31N5O5. The molecule has 4 aliphatic rings. The molecule has 226 valence electrons. The number of ketones is 1. The Balaban J connectivity index is 1.04. The SMILES string of the molecule is COc1cc2cc(C(=O)N3CC4CC45C3=CC(=O)c3[nH]c(C(=O)N4CCc6c4ccc4[nH]c(C)cc64)cc35)[nH]c2c(OC)c1C. The van der Waals surface area contributed by atoms with Gasteiger partial charge in [-0.05, 0) is 80.1 Å². The second kappa shape index (κ2) is 8.68. The number of piperidine rings is 1. The summed E-state index contributed by atoms with van der Waals surface area (Å²) in [6, 6.07) is 11.7. The third-order valence-corrected chi connectivity index (χ3v) is 10.4. The van der Waals surface area contributed by atoms with Gasteiger partial charge in [-0.3, -0.25) is 14.4 Å². The summed E-state index contributed by atoms with van der Waals surface area (Å²) in [5.41, 5.74) is 8.14. The van der Waals surface area contributed by atoms with E-state index >= 15 is 0 Å². The van der Waals surface area contributed by atoms with E-state index in [1.807, 2.05) is 38.1 Å². The molecule has 2 aliphatic carbocycles. The molecule has 2 aliphatic heterocycles. The predicted molar refractivity (Wildman–Crippen MR) is 169 cm³/mol. The number of aromatic nitrogens is 3. The number of hydrogen-bond donors (Lipinski definition) is 3. The Hall–Kier alpha value is -5.25. The Kier molecular flexibility index (Phi) is 5.05. The Morgan fingerprint density at radius 2 is 1.76 bits per heavy atom. The number of aromatic amines is 3. The number of rotatable bonds is 4. The van der Waals surface area contributed by atoms with Crippen molar-refractivity contribution in [2.75, 3.05) is 32.2 Å². The van der Waals surface area contributed by atoms with Gasteiger partial charge < -0.3 is 34.2 Å². The molecule has 3 N–H and O–H groups in total. The summed E-state index contributed by atoms with van der Waals surface area (Å²) in [7, 11) is 3.20. The highest BCUT2D eigenvalue weighted by Crippen LogP contribution is 2.67. The first-order chi connectivity index (χ1) is 21.7. The lowest BCUT2D eigenvalue weighted by Crippen LogP contribution is -2.33. The standard InChI is InChI=1S/C35H31N5O5/c1-16-9-21-20-7-8-39(26(20)6-5-23(21)36-16)33(42)25-12-22-31(38-25)27(41)13-29-35(22)14-19(35)15-40(29)34(43)24-10-18-11-28(44-3)17(2)32(45-4)30(18)37-24/h5-6,9-13,19,36-38H,7-8,14-15H2,1-4H3. The fourth-order valence-electron chi connectivity index (χ4n) is 8.26. The Labute approximate surface area is 258 Å². The summed E-state index contributed by atoms with van der Waals surface area (Å²) in [5.74, 6) is 0.901. The first-order valence-electron chi connectivity index (χ1n) is 15.2. The van der Waals surface area contributed by atoms with Crippen molar-refractivity contribution in [2.45, 2.75) is 32.1 Å². The zero-order valence-corrected chi connectivity index (χ0v) is 25.4. The van der Waals surface area contributed by atoms with Gasteiger partial charge in [-0.2, -0.15) is 0 Å². The minimum Gasteiger partial charge on any atom is -0.496 e. The maximum absolute atomic E-state index is 14.0. The van der Waals surface area contributed by atoms with E-state index in [4.69, 9.17) is 9.47 Å². The third-order valence-electron chi connectivity index (χ3n) is 10.4. The van der Waals surface area contributed by atoms with E-state index in [-0.39, 0.29) is 23.5 Å². The first-order valence-corrected chi connectivity index (χ1v) is 15.2. The molecule has 2 aromatic carbocycles. The average molecular weight is 602 g/mol. The number of anilines is 1. The van der Waals surface area contributed by atoms with E-state index in [9.17, 15) is 14.4 Å². The molecule has 0 bridgehead atoms. The van der Waals surface area contributed by atoms with Crippen molar-refractivity contribution >= 4 is 45.1 Å². The summed E-state index contributed by atoms with van der Waals surface area (Å²) < 4.78 is 11.2. The van der Waals surface area contributed by atoms with E-state index in [0.29, 0.717) is 47.4 Å². The molecule has 5 heterocycles. The minimum atomic E-state index is -0.449. The van der Waals surface area contributed by atoms with Crippen molar-refractivity contribution in [2.24, 2.45) is 5.92 Å². The number of amides is 2. The lowest BCUT2D eigenvalue weighted by atomic mass is 9.85.